The summed E-state index contributed by atoms with van der Waals surface area (Å²) >= 11 is 0. The molecule has 152 valence electrons. The molecule has 1 atom stereocenters. The molecule has 2 amide bonds. The third-order valence-corrected chi connectivity index (χ3v) is 5.95. The van der Waals surface area contributed by atoms with Crippen LogP contribution in [0.4, 0.5) is 11.5 Å². The van der Waals surface area contributed by atoms with Gasteiger partial charge in [0.2, 0.25) is 5.91 Å². The van der Waals surface area contributed by atoms with Crippen molar-refractivity contribution < 1.29 is 9.59 Å². The van der Waals surface area contributed by atoms with Crippen molar-refractivity contribution >= 4 is 23.3 Å². The first-order chi connectivity index (χ1) is 14.0. The second-order valence-electron chi connectivity index (χ2n) is 8.22. The molecule has 1 aromatic carbocycles. The van der Waals surface area contributed by atoms with E-state index in [0.717, 1.165) is 38.0 Å². The van der Waals surface area contributed by atoms with E-state index in [-0.39, 0.29) is 17.9 Å². The number of anilines is 2. The number of amides is 2. The van der Waals surface area contributed by atoms with Crippen molar-refractivity contribution in [1.82, 2.24) is 9.88 Å². The van der Waals surface area contributed by atoms with E-state index >= 15 is 0 Å². The molecule has 6 nitrogen and oxygen atoms in total. The average molecular weight is 393 g/mol. The van der Waals surface area contributed by atoms with Crippen LogP contribution in [0.3, 0.4) is 0 Å². The fraction of sp³-hybridized carbons (Fsp3) is 0.435. The van der Waals surface area contributed by atoms with Gasteiger partial charge in [0.25, 0.3) is 5.91 Å². The summed E-state index contributed by atoms with van der Waals surface area (Å²) in [5.41, 5.74) is 2.70. The molecule has 2 aromatic rings. The van der Waals surface area contributed by atoms with E-state index in [9.17, 15) is 9.59 Å². The lowest BCUT2D eigenvalue weighted by atomic mass is 9.99. The van der Waals surface area contributed by atoms with Gasteiger partial charge in [0.1, 0.15) is 11.9 Å². The summed E-state index contributed by atoms with van der Waals surface area (Å²) in [7, 11) is 0. The third kappa shape index (κ3) is 4.26. The van der Waals surface area contributed by atoms with Crippen molar-refractivity contribution in [2.45, 2.75) is 39.2 Å². The van der Waals surface area contributed by atoms with Crippen molar-refractivity contribution in [2.24, 2.45) is 5.92 Å². The molecular weight excluding hydrogens is 364 g/mol. The van der Waals surface area contributed by atoms with Crippen molar-refractivity contribution in [3.63, 3.8) is 0 Å². The van der Waals surface area contributed by atoms with E-state index in [4.69, 9.17) is 0 Å². The summed E-state index contributed by atoms with van der Waals surface area (Å²) in [5.74, 6) is 1.40. The number of nitrogens with zero attached hydrogens (tertiary/aromatic N) is 3. The van der Waals surface area contributed by atoms with Gasteiger partial charge in [-0.15, -0.1) is 0 Å². The highest BCUT2D eigenvalue weighted by Crippen LogP contribution is 2.24. The highest BCUT2D eigenvalue weighted by molar-refractivity contribution is 6.01. The molecule has 1 aromatic heterocycles. The molecule has 2 aliphatic rings. The first kappa shape index (κ1) is 19.4. The standard InChI is InChI=1S/C23H28N4O2/c1-16-3-6-19(7-4-16)27-14-11-20(23(27)29)25-21-8-5-18(15-24-21)22(28)26-12-9-17(2)10-13-26/h3-8,15,17,20H,9-14H2,1-2H3,(H,24,25). The van der Waals surface area contributed by atoms with Crippen LogP contribution in [0.2, 0.25) is 0 Å². The summed E-state index contributed by atoms with van der Waals surface area (Å²) in [4.78, 5) is 33.5. The van der Waals surface area contributed by atoms with Gasteiger partial charge in [0.15, 0.2) is 0 Å². The van der Waals surface area contributed by atoms with Gasteiger partial charge < -0.3 is 15.1 Å². The summed E-state index contributed by atoms with van der Waals surface area (Å²) < 4.78 is 0. The molecule has 0 aliphatic carbocycles. The van der Waals surface area contributed by atoms with E-state index in [1.54, 1.807) is 18.3 Å². The molecular formula is C23H28N4O2. The Kier molecular flexibility index (Phi) is 5.51. The Labute approximate surface area is 171 Å². The van der Waals surface area contributed by atoms with Crippen LogP contribution in [0.15, 0.2) is 42.6 Å². The Balaban J connectivity index is 1.37. The van der Waals surface area contributed by atoms with Gasteiger partial charge in [-0.25, -0.2) is 4.98 Å². The molecule has 0 spiro atoms. The molecule has 0 saturated carbocycles. The molecule has 2 aliphatic heterocycles. The lowest BCUT2D eigenvalue weighted by Crippen LogP contribution is -2.38. The minimum Gasteiger partial charge on any atom is -0.358 e. The topological polar surface area (TPSA) is 65.5 Å². The van der Waals surface area contributed by atoms with E-state index in [1.165, 1.54) is 5.56 Å². The number of carbonyl (C=O) groups excluding carboxylic acids is 2. The van der Waals surface area contributed by atoms with Crippen molar-refractivity contribution in [3.05, 3.63) is 53.7 Å². The molecule has 2 fully saturated rings. The zero-order chi connectivity index (χ0) is 20.4. The van der Waals surface area contributed by atoms with Gasteiger partial charge in [0, 0.05) is 31.5 Å². The number of nitrogens with one attached hydrogen (secondary N) is 1. The van der Waals surface area contributed by atoms with E-state index in [2.05, 4.69) is 17.2 Å². The molecule has 4 rings (SSSR count). The first-order valence-corrected chi connectivity index (χ1v) is 10.4. The van der Waals surface area contributed by atoms with Crippen LogP contribution in [-0.4, -0.2) is 47.4 Å². The van der Waals surface area contributed by atoms with E-state index in [0.29, 0.717) is 23.8 Å². The largest absolute Gasteiger partial charge is 0.358 e. The van der Waals surface area contributed by atoms with Gasteiger partial charge in [-0.05, 0) is 56.4 Å². The van der Waals surface area contributed by atoms with Crippen LogP contribution in [0.25, 0.3) is 0 Å². The normalized spacial score (nSPS) is 20.2. The Morgan fingerprint density at radius 3 is 2.41 bits per heavy atom. The minimum absolute atomic E-state index is 0.0402. The lowest BCUT2D eigenvalue weighted by molar-refractivity contribution is -0.117. The number of aryl methyl sites for hydroxylation is 1. The maximum Gasteiger partial charge on any atom is 0.255 e. The SMILES string of the molecule is Cc1ccc(N2CCC(Nc3ccc(C(=O)N4CCC(C)CC4)cn3)C2=O)cc1. The van der Waals surface area contributed by atoms with Crippen LogP contribution in [0.5, 0.6) is 0 Å². The Hall–Kier alpha value is -2.89. The predicted molar refractivity (Wildman–Crippen MR) is 114 cm³/mol. The monoisotopic (exact) mass is 392 g/mol. The van der Waals surface area contributed by atoms with Crippen LogP contribution in [0.1, 0.15) is 42.1 Å². The number of piperidine rings is 1. The van der Waals surface area contributed by atoms with Gasteiger partial charge in [-0.1, -0.05) is 24.6 Å². The lowest BCUT2D eigenvalue weighted by Gasteiger charge is -2.30. The molecule has 6 heteroatoms. The number of hydrogen-bond acceptors (Lipinski definition) is 4. The summed E-state index contributed by atoms with van der Waals surface area (Å²) in [6.45, 7) is 6.57. The Morgan fingerprint density at radius 2 is 1.76 bits per heavy atom. The summed E-state index contributed by atoms with van der Waals surface area (Å²) in [6, 6.07) is 11.3. The van der Waals surface area contributed by atoms with E-state index < -0.39 is 0 Å². The first-order valence-electron chi connectivity index (χ1n) is 10.4. The quantitative estimate of drug-likeness (QED) is 0.865. The molecule has 1 unspecified atom stereocenters. The molecule has 2 saturated heterocycles. The van der Waals surface area contributed by atoms with Crippen molar-refractivity contribution in [3.8, 4) is 0 Å². The van der Waals surface area contributed by atoms with Crippen LogP contribution in [-0.2, 0) is 4.79 Å². The maximum atomic E-state index is 12.8. The average Bonchev–Trinajstić information content (AvgIpc) is 3.09. The summed E-state index contributed by atoms with van der Waals surface area (Å²) in [6.07, 6.45) is 4.45. The van der Waals surface area contributed by atoms with Gasteiger partial charge in [-0.2, -0.15) is 0 Å². The molecule has 29 heavy (non-hydrogen) atoms. The second-order valence-corrected chi connectivity index (χ2v) is 8.22. The number of hydrogen-bond donors (Lipinski definition) is 1. The highest BCUT2D eigenvalue weighted by atomic mass is 16.2. The summed E-state index contributed by atoms with van der Waals surface area (Å²) in [5, 5.41) is 3.23. The Bertz CT molecular complexity index is 871. The third-order valence-electron chi connectivity index (χ3n) is 5.95. The predicted octanol–water partition coefficient (Wildman–Crippen LogP) is 3.48. The maximum absolute atomic E-state index is 12.8. The zero-order valence-corrected chi connectivity index (χ0v) is 17.1. The van der Waals surface area contributed by atoms with Gasteiger partial charge in [-0.3, -0.25) is 9.59 Å². The molecule has 1 N–H and O–H groups in total. The smallest absolute Gasteiger partial charge is 0.255 e. The van der Waals surface area contributed by atoms with Crippen molar-refractivity contribution in [1.29, 1.82) is 0 Å². The zero-order valence-electron chi connectivity index (χ0n) is 17.1. The number of benzene rings is 1. The number of carbonyl (C=O) groups is 2. The van der Waals surface area contributed by atoms with Gasteiger partial charge >= 0.3 is 0 Å². The number of aromatic nitrogens is 1. The molecule has 0 radical (unpaired) electrons. The fourth-order valence-electron chi connectivity index (χ4n) is 3.97. The van der Waals surface area contributed by atoms with Crippen LogP contribution in [0, 0.1) is 12.8 Å². The van der Waals surface area contributed by atoms with Gasteiger partial charge in [0.05, 0.1) is 5.56 Å². The second kappa shape index (κ2) is 8.23. The van der Waals surface area contributed by atoms with Crippen LogP contribution < -0.4 is 10.2 Å². The number of likely N-dealkylation sites (tertiary alicyclic amines) is 1. The van der Waals surface area contributed by atoms with Crippen LogP contribution >= 0.6 is 0 Å². The number of rotatable bonds is 4. The van der Waals surface area contributed by atoms with E-state index in [1.807, 2.05) is 41.0 Å². The fourth-order valence-corrected chi connectivity index (χ4v) is 3.97. The molecule has 3 heterocycles. The van der Waals surface area contributed by atoms with Crippen molar-refractivity contribution in [2.75, 3.05) is 29.9 Å². The minimum atomic E-state index is -0.297. The molecule has 0 bridgehead atoms. The Morgan fingerprint density at radius 1 is 1.03 bits per heavy atom. The highest BCUT2D eigenvalue weighted by Gasteiger charge is 2.32. The number of pyridine rings is 1.